The van der Waals surface area contributed by atoms with Gasteiger partial charge in [0.05, 0.1) is 16.7 Å². The summed E-state index contributed by atoms with van der Waals surface area (Å²) in [5.41, 5.74) is 5.42. The third kappa shape index (κ3) is 6.28. The lowest BCUT2D eigenvalue weighted by atomic mass is 10.1. The van der Waals surface area contributed by atoms with E-state index in [1.807, 2.05) is 0 Å². The van der Waals surface area contributed by atoms with Gasteiger partial charge in [-0.25, -0.2) is 24.2 Å². The Morgan fingerprint density at radius 2 is 1.24 bits per heavy atom. The Labute approximate surface area is 233 Å². The molecule has 4 atom stereocenters. The first kappa shape index (κ1) is 27.2. The molecule has 2 N–H and O–H groups in total. The predicted octanol–water partition coefficient (Wildman–Crippen LogP) is 2.43. The molecule has 1 aliphatic heterocycles. The van der Waals surface area contributed by atoms with Crippen LogP contribution in [-0.2, 0) is 18.9 Å². The predicted molar refractivity (Wildman–Crippen MR) is 143 cm³/mol. The summed E-state index contributed by atoms with van der Waals surface area (Å²) < 4.78 is 24.1. The van der Waals surface area contributed by atoms with Crippen LogP contribution in [-0.4, -0.2) is 57.4 Å². The molecule has 4 unspecified atom stereocenters. The first-order valence-corrected chi connectivity index (χ1v) is 12.5. The van der Waals surface area contributed by atoms with Crippen LogP contribution in [0, 0.1) is 0 Å². The van der Waals surface area contributed by atoms with E-state index < -0.39 is 54.7 Å². The van der Waals surface area contributed by atoms with Crippen LogP contribution < -0.4 is 11.4 Å². The first-order chi connectivity index (χ1) is 19.9. The second-order valence-corrected chi connectivity index (χ2v) is 8.91. The zero-order valence-electron chi connectivity index (χ0n) is 21.4. The molecule has 3 aromatic carbocycles. The number of carbonyl (C=O) groups is 3. The fourth-order valence-electron chi connectivity index (χ4n) is 4.21. The maximum atomic E-state index is 13.1. The highest BCUT2D eigenvalue weighted by atomic mass is 16.7. The normalized spacial score (nSPS) is 19.7. The number of aromatic nitrogens is 3. The summed E-state index contributed by atoms with van der Waals surface area (Å²) in [6.45, 7) is -0.402. The fourth-order valence-corrected chi connectivity index (χ4v) is 4.21. The Bertz CT molecular complexity index is 1580. The molecule has 0 spiro atoms. The molecule has 0 radical (unpaired) electrons. The lowest BCUT2D eigenvalue weighted by Crippen LogP contribution is -2.42. The summed E-state index contributed by atoms with van der Waals surface area (Å²) in [7, 11) is 0. The molecule has 12 nitrogen and oxygen atoms in total. The number of hydrogen-bond acceptors (Lipinski definition) is 11. The van der Waals surface area contributed by atoms with Gasteiger partial charge in [0, 0.05) is 0 Å². The SMILES string of the molecule is Nc1ncn(C2OC(COC(=O)c3ccccc3)C(OC(=O)c3ccccc3)C2OC(=O)c2ccccc2)c(=O)n1. The summed E-state index contributed by atoms with van der Waals surface area (Å²) in [4.78, 5) is 59.2. The molecule has 0 bridgehead atoms. The van der Waals surface area contributed by atoms with Crippen molar-refractivity contribution in [3.8, 4) is 0 Å². The number of benzene rings is 3. The van der Waals surface area contributed by atoms with E-state index in [2.05, 4.69) is 9.97 Å². The highest BCUT2D eigenvalue weighted by molar-refractivity contribution is 5.91. The molecule has 0 saturated carbocycles. The summed E-state index contributed by atoms with van der Waals surface area (Å²) in [6, 6.07) is 24.5. The average molecular weight is 557 g/mol. The number of hydrogen-bond donors (Lipinski definition) is 1. The Kier molecular flexibility index (Phi) is 8.11. The van der Waals surface area contributed by atoms with Gasteiger partial charge >= 0.3 is 23.6 Å². The zero-order chi connectivity index (χ0) is 28.8. The molecule has 208 valence electrons. The summed E-state index contributed by atoms with van der Waals surface area (Å²) in [5.74, 6) is -2.45. The molecule has 4 aromatic rings. The lowest BCUT2D eigenvalue weighted by Gasteiger charge is -2.24. The van der Waals surface area contributed by atoms with Crippen LogP contribution in [0.3, 0.4) is 0 Å². The van der Waals surface area contributed by atoms with Gasteiger partial charge in [-0.2, -0.15) is 4.98 Å². The van der Waals surface area contributed by atoms with Crippen molar-refractivity contribution < 1.29 is 33.3 Å². The van der Waals surface area contributed by atoms with Crippen molar-refractivity contribution in [2.45, 2.75) is 24.5 Å². The minimum absolute atomic E-state index is 0.208. The molecule has 12 heteroatoms. The van der Waals surface area contributed by atoms with Crippen molar-refractivity contribution in [1.29, 1.82) is 0 Å². The maximum absolute atomic E-state index is 13.1. The third-order valence-electron chi connectivity index (χ3n) is 6.20. The van der Waals surface area contributed by atoms with Crippen LogP contribution >= 0.6 is 0 Å². The van der Waals surface area contributed by atoms with Gasteiger partial charge in [0.2, 0.25) is 5.95 Å². The number of esters is 3. The highest BCUT2D eigenvalue weighted by Gasteiger charge is 2.51. The first-order valence-electron chi connectivity index (χ1n) is 12.5. The molecule has 0 amide bonds. The van der Waals surface area contributed by atoms with Gasteiger partial charge in [-0.05, 0) is 36.4 Å². The van der Waals surface area contributed by atoms with Crippen molar-refractivity contribution in [3.05, 3.63) is 124 Å². The van der Waals surface area contributed by atoms with Gasteiger partial charge in [0.15, 0.2) is 18.4 Å². The van der Waals surface area contributed by atoms with Crippen molar-refractivity contribution >= 4 is 23.9 Å². The van der Waals surface area contributed by atoms with Gasteiger partial charge in [-0.15, -0.1) is 0 Å². The largest absolute Gasteiger partial charge is 0.459 e. The molecule has 1 saturated heterocycles. The molecular weight excluding hydrogens is 532 g/mol. The quantitative estimate of drug-likeness (QED) is 0.251. The number of anilines is 1. The molecular formula is C29H24N4O8. The number of nitrogens with two attached hydrogens (primary N) is 1. The Morgan fingerprint density at radius 1 is 0.756 bits per heavy atom. The van der Waals surface area contributed by atoms with E-state index in [1.165, 1.54) is 12.1 Å². The van der Waals surface area contributed by atoms with Gasteiger partial charge in [0.25, 0.3) is 0 Å². The van der Waals surface area contributed by atoms with E-state index in [9.17, 15) is 19.2 Å². The smallest absolute Gasteiger partial charge is 0.354 e. The van der Waals surface area contributed by atoms with Crippen LogP contribution in [0.4, 0.5) is 5.95 Å². The molecule has 1 aromatic heterocycles. The number of nitrogen functional groups attached to an aromatic ring is 1. The molecule has 41 heavy (non-hydrogen) atoms. The Morgan fingerprint density at radius 3 is 1.76 bits per heavy atom. The van der Waals surface area contributed by atoms with Crippen molar-refractivity contribution in [1.82, 2.24) is 14.5 Å². The van der Waals surface area contributed by atoms with Crippen molar-refractivity contribution in [2.75, 3.05) is 12.3 Å². The van der Waals surface area contributed by atoms with Gasteiger partial charge < -0.3 is 24.7 Å². The second kappa shape index (κ2) is 12.2. The summed E-state index contributed by atoms with van der Waals surface area (Å²) >= 11 is 0. The zero-order valence-corrected chi connectivity index (χ0v) is 21.4. The van der Waals surface area contributed by atoms with Crippen LogP contribution in [0.25, 0.3) is 0 Å². The van der Waals surface area contributed by atoms with Crippen molar-refractivity contribution in [3.63, 3.8) is 0 Å². The third-order valence-corrected chi connectivity index (χ3v) is 6.20. The number of nitrogens with zero attached hydrogens (tertiary/aromatic N) is 3. The summed E-state index contributed by atoms with van der Waals surface area (Å²) in [6.07, 6.45) is -4.12. The van der Waals surface area contributed by atoms with Gasteiger partial charge in [-0.3, -0.25) is 4.57 Å². The number of carbonyl (C=O) groups excluding carboxylic acids is 3. The summed E-state index contributed by atoms with van der Waals surface area (Å²) in [5, 5.41) is 0. The average Bonchev–Trinajstić information content (AvgIpc) is 3.33. The Hall–Kier alpha value is -5.36. The van der Waals surface area contributed by atoms with Crippen LogP contribution in [0.2, 0.25) is 0 Å². The minimum Gasteiger partial charge on any atom is -0.459 e. The minimum atomic E-state index is -1.37. The van der Waals surface area contributed by atoms with E-state index in [0.717, 1.165) is 10.9 Å². The van der Waals surface area contributed by atoms with E-state index in [0.29, 0.717) is 0 Å². The Balaban J connectivity index is 1.49. The van der Waals surface area contributed by atoms with Crippen molar-refractivity contribution in [2.24, 2.45) is 0 Å². The molecule has 2 heterocycles. The van der Waals surface area contributed by atoms with Crippen LogP contribution in [0.15, 0.2) is 102 Å². The standard InChI is InChI=1S/C29H24N4O8/c30-28-31-17-33(29(37)32-28)24-23(41-27(36)20-14-8-3-9-15-20)22(40-26(35)19-12-6-2-7-13-19)21(39-24)16-38-25(34)18-10-4-1-5-11-18/h1-15,17,21-24H,16H2,(H2,30,32,37). The number of rotatable bonds is 8. The van der Waals surface area contributed by atoms with Gasteiger partial charge in [-0.1, -0.05) is 54.6 Å². The second-order valence-electron chi connectivity index (χ2n) is 8.91. The monoisotopic (exact) mass is 556 g/mol. The molecule has 5 rings (SSSR count). The topological polar surface area (TPSA) is 162 Å². The lowest BCUT2D eigenvalue weighted by molar-refractivity contribution is -0.0643. The van der Waals surface area contributed by atoms with Crippen LogP contribution in [0.1, 0.15) is 37.3 Å². The fraction of sp³-hybridized carbons (Fsp3) is 0.172. The number of ether oxygens (including phenoxy) is 4. The van der Waals surface area contributed by atoms with Gasteiger partial charge in [0.1, 0.15) is 19.0 Å². The van der Waals surface area contributed by atoms with E-state index in [4.69, 9.17) is 24.7 Å². The molecule has 1 aliphatic rings. The highest BCUT2D eigenvalue weighted by Crippen LogP contribution is 2.34. The van der Waals surface area contributed by atoms with E-state index in [-0.39, 0.29) is 22.6 Å². The van der Waals surface area contributed by atoms with Crippen LogP contribution in [0.5, 0.6) is 0 Å². The maximum Gasteiger partial charge on any atom is 0.354 e. The van der Waals surface area contributed by atoms with E-state index in [1.54, 1.807) is 78.9 Å². The van der Waals surface area contributed by atoms with E-state index >= 15 is 0 Å². The molecule has 0 aliphatic carbocycles. The molecule has 1 fully saturated rings.